The number of nitrogens with zero attached hydrogens (tertiary/aromatic N) is 6. The lowest BCUT2D eigenvalue weighted by atomic mass is 9.97. The summed E-state index contributed by atoms with van der Waals surface area (Å²) in [7, 11) is 0. The molecule has 2 aliphatic rings. The van der Waals surface area contributed by atoms with Crippen LogP contribution in [0.5, 0.6) is 0 Å². The largest absolute Gasteiger partial charge is 0.376 e. The van der Waals surface area contributed by atoms with E-state index in [2.05, 4.69) is 67.6 Å². The quantitative estimate of drug-likeness (QED) is 0.0429. The lowest BCUT2D eigenvalue weighted by Gasteiger charge is -2.27. The van der Waals surface area contributed by atoms with Crippen molar-refractivity contribution in [1.29, 1.82) is 0 Å². The number of aryl methyl sites for hydroxylation is 3. The average molecular weight is 831 g/mol. The van der Waals surface area contributed by atoms with E-state index in [1.807, 2.05) is 56.3 Å². The molecule has 1 saturated heterocycles. The van der Waals surface area contributed by atoms with Crippen molar-refractivity contribution in [3.05, 3.63) is 125 Å². The van der Waals surface area contributed by atoms with Gasteiger partial charge >= 0.3 is 0 Å². The molecular formula is C45H48BrN7O4. The van der Waals surface area contributed by atoms with E-state index in [1.54, 1.807) is 22.0 Å². The second-order valence-electron chi connectivity index (χ2n) is 15.3. The van der Waals surface area contributed by atoms with E-state index in [0.717, 1.165) is 65.4 Å². The van der Waals surface area contributed by atoms with Crippen LogP contribution in [0.4, 0.5) is 5.82 Å². The van der Waals surface area contributed by atoms with Crippen molar-refractivity contribution < 1.29 is 19.1 Å². The number of carbonyl (C=O) groups excluding carboxylic acids is 3. The highest BCUT2D eigenvalue weighted by molar-refractivity contribution is 9.10. The standard InChI is InChI=1S/C45H48BrN7O4/c1-6-8-9-10-15-33-19-34(35-23-47-30(5)48-24-35)20-36-41(29(4)54)51-52(42(33)36)25-40(55)53-37(44(56)50-43-28(3)16-17-39(46)49-43)21-45(22-38(45)53)27-57-26-32-14-11-13-31(18-32)12-7-2/h6-7,11,13-14,16-20,23-24,37-38H,1-2,8-10,12,15,21-22,25-27H2,3-5H3,(H,49,50,56)/t37-,38+,45-/m0/s1. The van der Waals surface area contributed by atoms with Crippen molar-refractivity contribution in [1.82, 2.24) is 29.6 Å². The van der Waals surface area contributed by atoms with Gasteiger partial charge in [0.15, 0.2) is 5.78 Å². The Morgan fingerprint density at radius 3 is 2.54 bits per heavy atom. The summed E-state index contributed by atoms with van der Waals surface area (Å²) in [5.41, 5.74) is 6.36. The highest BCUT2D eigenvalue weighted by atomic mass is 79.9. The van der Waals surface area contributed by atoms with Gasteiger partial charge in [-0.2, -0.15) is 5.10 Å². The van der Waals surface area contributed by atoms with Gasteiger partial charge in [0, 0.05) is 41.7 Å². The topological polar surface area (TPSA) is 132 Å². The third kappa shape index (κ3) is 8.67. The molecule has 57 heavy (non-hydrogen) atoms. The highest BCUT2D eigenvalue weighted by Gasteiger charge is 2.67. The summed E-state index contributed by atoms with van der Waals surface area (Å²) in [4.78, 5) is 57.1. The monoisotopic (exact) mass is 829 g/mol. The first-order chi connectivity index (χ1) is 27.5. The smallest absolute Gasteiger partial charge is 0.248 e. The zero-order valence-electron chi connectivity index (χ0n) is 32.8. The number of rotatable bonds is 17. The molecule has 2 fully saturated rings. The minimum Gasteiger partial charge on any atom is -0.376 e. The van der Waals surface area contributed by atoms with Crippen LogP contribution in [-0.2, 0) is 40.3 Å². The second-order valence-corrected chi connectivity index (χ2v) is 16.2. The van der Waals surface area contributed by atoms with E-state index in [-0.39, 0.29) is 35.6 Å². The van der Waals surface area contributed by atoms with Crippen molar-refractivity contribution in [2.45, 2.75) is 91.0 Å². The number of ketones is 1. The molecule has 1 aliphatic heterocycles. The highest BCUT2D eigenvalue weighted by Crippen LogP contribution is 2.60. The molecule has 12 heteroatoms. The number of likely N-dealkylation sites (tertiary alicyclic amines) is 1. The SMILES string of the molecule is C=CCCCCc1cc(-c2cnc(C)nc2)cc2c(C(C)=O)nn(CC(=O)N3[C@H](C(=O)Nc4nc(Br)ccc4C)C[C@@]4(COCc5cccc(CC=C)c5)C[C@@H]34)c12. The van der Waals surface area contributed by atoms with Crippen LogP contribution in [-0.4, -0.2) is 65.9 Å². The Labute approximate surface area is 341 Å². The van der Waals surface area contributed by atoms with Crippen LogP contribution in [0.25, 0.3) is 22.0 Å². The van der Waals surface area contributed by atoms with E-state index < -0.39 is 6.04 Å². The Hall–Kier alpha value is -5.33. The van der Waals surface area contributed by atoms with Crippen LogP contribution in [0.3, 0.4) is 0 Å². The van der Waals surface area contributed by atoms with Crippen molar-refractivity contribution in [2.75, 3.05) is 11.9 Å². The Morgan fingerprint density at radius 2 is 1.79 bits per heavy atom. The molecule has 1 aliphatic carbocycles. The Morgan fingerprint density at radius 1 is 1.00 bits per heavy atom. The van der Waals surface area contributed by atoms with E-state index in [9.17, 15) is 14.4 Å². The van der Waals surface area contributed by atoms with Crippen LogP contribution in [0.1, 0.15) is 77.6 Å². The Balaban J connectivity index is 1.20. The first-order valence-electron chi connectivity index (χ1n) is 19.5. The number of halogens is 1. The molecule has 3 atom stereocenters. The molecule has 7 rings (SSSR count). The van der Waals surface area contributed by atoms with Gasteiger partial charge < -0.3 is 15.0 Å². The van der Waals surface area contributed by atoms with Gasteiger partial charge in [-0.05, 0) is 121 Å². The lowest BCUT2D eigenvalue weighted by Crippen LogP contribution is -2.47. The predicted molar refractivity (Wildman–Crippen MR) is 225 cm³/mol. The first kappa shape index (κ1) is 39.9. The van der Waals surface area contributed by atoms with Crippen molar-refractivity contribution >= 4 is 50.2 Å². The summed E-state index contributed by atoms with van der Waals surface area (Å²) in [5, 5.41) is 8.48. The fraction of sp³-hybridized carbons (Fsp3) is 0.356. The van der Waals surface area contributed by atoms with Crippen LogP contribution >= 0.6 is 15.9 Å². The number of fused-ring (bicyclic) bond motifs is 2. The van der Waals surface area contributed by atoms with Gasteiger partial charge in [0.05, 0.1) is 18.7 Å². The summed E-state index contributed by atoms with van der Waals surface area (Å²) >= 11 is 3.42. The summed E-state index contributed by atoms with van der Waals surface area (Å²) in [5.74, 6) is 0.349. The number of benzene rings is 2. The maximum absolute atomic E-state index is 14.7. The molecule has 0 radical (unpaired) electrons. The molecule has 2 aromatic carbocycles. The number of ether oxygens (including phenoxy) is 1. The van der Waals surface area contributed by atoms with Gasteiger partial charge in [0.1, 0.15) is 34.5 Å². The van der Waals surface area contributed by atoms with Gasteiger partial charge in [0.2, 0.25) is 11.8 Å². The van der Waals surface area contributed by atoms with Crippen LogP contribution < -0.4 is 5.32 Å². The number of Topliss-reactive ketones (excluding diaryl/α,β-unsaturated/α-hetero) is 1. The summed E-state index contributed by atoms with van der Waals surface area (Å²) in [6, 6.07) is 15.0. The van der Waals surface area contributed by atoms with Crippen LogP contribution in [0, 0.1) is 19.3 Å². The number of unbranched alkanes of at least 4 members (excludes halogenated alkanes) is 2. The molecule has 0 unspecified atom stereocenters. The zero-order valence-corrected chi connectivity index (χ0v) is 34.3. The first-order valence-corrected chi connectivity index (χ1v) is 20.3. The molecule has 3 aromatic heterocycles. The number of hydrogen-bond acceptors (Lipinski definition) is 8. The van der Waals surface area contributed by atoms with Gasteiger partial charge in [-0.25, -0.2) is 15.0 Å². The third-order valence-corrected chi connectivity index (χ3v) is 11.5. The van der Waals surface area contributed by atoms with Gasteiger partial charge in [-0.3, -0.25) is 19.1 Å². The number of pyridine rings is 1. The molecule has 2 amide bonds. The zero-order chi connectivity index (χ0) is 40.3. The van der Waals surface area contributed by atoms with Gasteiger partial charge in [-0.1, -0.05) is 42.5 Å². The predicted octanol–water partition coefficient (Wildman–Crippen LogP) is 8.31. The summed E-state index contributed by atoms with van der Waals surface area (Å²) in [6.07, 6.45) is 12.7. The maximum atomic E-state index is 14.7. The van der Waals surface area contributed by atoms with Crippen molar-refractivity contribution in [3.63, 3.8) is 0 Å². The average Bonchev–Trinajstić information content (AvgIpc) is 3.59. The number of carbonyl (C=O) groups is 3. The number of anilines is 1. The molecular weight excluding hydrogens is 782 g/mol. The van der Waals surface area contributed by atoms with Gasteiger partial charge in [-0.15, -0.1) is 13.2 Å². The molecule has 1 N–H and O–H groups in total. The minimum absolute atomic E-state index is 0.141. The van der Waals surface area contributed by atoms with Crippen LogP contribution in [0.2, 0.25) is 0 Å². The van der Waals surface area contributed by atoms with E-state index >= 15 is 0 Å². The molecule has 5 aromatic rings. The molecule has 0 bridgehead atoms. The van der Waals surface area contributed by atoms with E-state index in [1.165, 1.54) is 12.5 Å². The maximum Gasteiger partial charge on any atom is 0.248 e. The molecule has 0 spiro atoms. The Kier molecular flexibility index (Phi) is 11.9. The Bertz CT molecular complexity index is 2360. The fourth-order valence-electron chi connectivity index (χ4n) is 8.13. The summed E-state index contributed by atoms with van der Waals surface area (Å²) < 4.78 is 8.60. The van der Waals surface area contributed by atoms with Gasteiger partial charge in [0.25, 0.3) is 0 Å². The normalized spacial score (nSPS) is 18.4. The second kappa shape index (κ2) is 17.0. The van der Waals surface area contributed by atoms with Crippen molar-refractivity contribution in [2.24, 2.45) is 5.41 Å². The third-order valence-electron chi connectivity index (χ3n) is 11.1. The summed E-state index contributed by atoms with van der Waals surface area (Å²) in [6.45, 7) is 13.6. The fourth-order valence-corrected chi connectivity index (χ4v) is 8.44. The number of nitrogens with one attached hydrogen (secondary N) is 1. The minimum atomic E-state index is -0.753. The van der Waals surface area contributed by atoms with E-state index in [4.69, 9.17) is 9.84 Å². The molecule has 1 saturated carbocycles. The number of amides is 2. The molecule has 294 valence electrons. The van der Waals surface area contributed by atoms with Crippen molar-refractivity contribution in [3.8, 4) is 11.1 Å². The molecule has 11 nitrogen and oxygen atoms in total. The number of allylic oxidation sites excluding steroid dienone is 2. The molecule has 4 heterocycles. The number of piperidine rings is 1. The lowest BCUT2D eigenvalue weighted by molar-refractivity contribution is -0.138. The van der Waals surface area contributed by atoms with E-state index in [0.29, 0.717) is 53.4 Å². The number of aromatic nitrogens is 5. The van der Waals surface area contributed by atoms with Crippen LogP contribution in [0.15, 0.2) is 90.8 Å². The number of hydrogen-bond donors (Lipinski definition) is 1.